The van der Waals surface area contributed by atoms with E-state index in [2.05, 4.69) is 28.5 Å². The van der Waals surface area contributed by atoms with E-state index in [4.69, 9.17) is 0 Å². The fourth-order valence-corrected chi connectivity index (χ4v) is 3.94. The molecule has 3 nitrogen and oxygen atoms in total. The molecule has 1 N–H and O–H groups in total. The second kappa shape index (κ2) is 5.97. The third-order valence-corrected chi connectivity index (χ3v) is 5.08. The molecule has 1 aliphatic carbocycles. The number of fused-ring (bicyclic) bond motifs is 3. The molecule has 0 aliphatic heterocycles. The zero-order valence-corrected chi connectivity index (χ0v) is 13.4. The van der Waals surface area contributed by atoms with Gasteiger partial charge in [0.1, 0.15) is 0 Å². The zero-order chi connectivity index (χ0) is 15.6. The van der Waals surface area contributed by atoms with Crippen LogP contribution in [0, 0.1) is 0 Å². The van der Waals surface area contributed by atoms with Crippen molar-refractivity contribution in [2.45, 2.75) is 19.3 Å². The van der Waals surface area contributed by atoms with E-state index in [1.807, 2.05) is 36.4 Å². The summed E-state index contributed by atoms with van der Waals surface area (Å²) in [5.41, 5.74) is 4.59. The van der Waals surface area contributed by atoms with Crippen LogP contribution in [0.1, 0.15) is 16.0 Å². The molecule has 0 atom stereocenters. The smallest absolute Gasteiger partial charge is 0.230 e. The number of anilines is 1. The zero-order valence-electron chi connectivity index (χ0n) is 12.6. The van der Waals surface area contributed by atoms with Gasteiger partial charge in [-0.3, -0.25) is 4.79 Å². The molecule has 0 radical (unpaired) electrons. The first kappa shape index (κ1) is 14.2. The van der Waals surface area contributed by atoms with Crippen molar-refractivity contribution < 1.29 is 4.79 Å². The normalized spacial score (nSPS) is 12.3. The van der Waals surface area contributed by atoms with Gasteiger partial charge < -0.3 is 5.32 Å². The Hall–Kier alpha value is -2.46. The van der Waals surface area contributed by atoms with Crippen molar-refractivity contribution in [2.24, 2.45) is 0 Å². The summed E-state index contributed by atoms with van der Waals surface area (Å²) < 4.78 is 0. The molecular weight excluding hydrogens is 304 g/mol. The van der Waals surface area contributed by atoms with Gasteiger partial charge in [0.25, 0.3) is 0 Å². The molecule has 4 heteroatoms. The van der Waals surface area contributed by atoms with Crippen molar-refractivity contribution in [2.75, 3.05) is 5.32 Å². The largest absolute Gasteiger partial charge is 0.302 e. The van der Waals surface area contributed by atoms with E-state index in [-0.39, 0.29) is 5.91 Å². The molecule has 23 heavy (non-hydrogen) atoms. The highest BCUT2D eigenvalue weighted by molar-refractivity contribution is 7.16. The van der Waals surface area contributed by atoms with Crippen LogP contribution in [0.5, 0.6) is 0 Å². The average Bonchev–Trinajstić information content (AvgIpc) is 2.98. The van der Waals surface area contributed by atoms with Gasteiger partial charge in [0.05, 0.1) is 12.1 Å². The number of nitrogens with zero attached hydrogens (tertiary/aromatic N) is 1. The predicted octanol–water partition coefficient (Wildman–Crippen LogP) is 4.09. The summed E-state index contributed by atoms with van der Waals surface area (Å²) in [6.45, 7) is 0. The van der Waals surface area contributed by atoms with Gasteiger partial charge in [-0.25, -0.2) is 4.98 Å². The lowest BCUT2D eigenvalue weighted by Gasteiger charge is -2.13. The van der Waals surface area contributed by atoms with Crippen molar-refractivity contribution >= 4 is 22.4 Å². The maximum absolute atomic E-state index is 12.2. The Morgan fingerprint density at radius 3 is 2.70 bits per heavy atom. The summed E-state index contributed by atoms with van der Waals surface area (Å²) in [7, 11) is 0. The molecule has 2 aromatic carbocycles. The van der Waals surface area contributed by atoms with E-state index in [1.165, 1.54) is 16.0 Å². The van der Waals surface area contributed by atoms with Crippen LogP contribution in [0.4, 0.5) is 5.13 Å². The molecule has 3 aromatic rings. The van der Waals surface area contributed by atoms with Crippen LogP contribution in [-0.2, 0) is 24.1 Å². The number of hydrogen-bond donors (Lipinski definition) is 1. The van der Waals surface area contributed by atoms with Crippen LogP contribution >= 0.6 is 11.3 Å². The van der Waals surface area contributed by atoms with Gasteiger partial charge in [-0.1, -0.05) is 54.6 Å². The Morgan fingerprint density at radius 1 is 1.04 bits per heavy atom. The number of aromatic nitrogens is 1. The van der Waals surface area contributed by atoms with Crippen LogP contribution in [-0.4, -0.2) is 10.9 Å². The van der Waals surface area contributed by atoms with Gasteiger partial charge >= 0.3 is 0 Å². The topological polar surface area (TPSA) is 42.0 Å². The van der Waals surface area contributed by atoms with Gasteiger partial charge in [-0.05, 0) is 24.0 Å². The Balaban J connectivity index is 1.54. The van der Waals surface area contributed by atoms with E-state index < -0.39 is 0 Å². The molecule has 0 spiro atoms. The fraction of sp³-hybridized carbons (Fsp3) is 0.158. The van der Waals surface area contributed by atoms with Gasteiger partial charge in [-0.2, -0.15) is 0 Å². The van der Waals surface area contributed by atoms with Crippen molar-refractivity contribution in [3.63, 3.8) is 0 Å². The van der Waals surface area contributed by atoms with Crippen LogP contribution in [0.15, 0.2) is 54.6 Å². The molecule has 114 valence electrons. The minimum atomic E-state index is -0.0180. The van der Waals surface area contributed by atoms with Crippen LogP contribution < -0.4 is 5.32 Å². The molecule has 0 saturated carbocycles. The lowest BCUT2D eigenvalue weighted by molar-refractivity contribution is -0.115. The van der Waals surface area contributed by atoms with Gasteiger partial charge in [0.15, 0.2) is 5.13 Å². The second-order valence-corrected chi connectivity index (χ2v) is 6.74. The number of thiazole rings is 1. The Labute approximate surface area is 139 Å². The third-order valence-electron chi connectivity index (χ3n) is 4.05. The molecule has 1 aliphatic rings. The minimum absolute atomic E-state index is 0.0180. The summed E-state index contributed by atoms with van der Waals surface area (Å²) in [6, 6.07) is 18.1. The summed E-state index contributed by atoms with van der Waals surface area (Å²) in [5, 5.41) is 3.65. The van der Waals surface area contributed by atoms with Gasteiger partial charge in [0.2, 0.25) is 5.91 Å². The molecule has 1 amide bonds. The van der Waals surface area contributed by atoms with E-state index >= 15 is 0 Å². The van der Waals surface area contributed by atoms with Gasteiger partial charge in [0, 0.05) is 10.4 Å². The number of benzene rings is 2. The maximum Gasteiger partial charge on any atom is 0.230 e. The molecule has 0 unspecified atom stereocenters. The monoisotopic (exact) mass is 320 g/mol. The second-order valence-electron chi connectivity index (χ2n) is 5.66. The first-order valence-corrected chi connectivity index (χ1v) is 8.53. The Bertz CT molecular complexity index is 855. The molecule has 0 bridgehead atoms. The Kier molecular flexibility index (Phi) is 3.67. The Morgan fingerprint density at radius 2 is 1.83 bits per heavy atom. The summed E-state index contributed by atoms with van der Waals surface area (Å²) in [4.78, 5) is 18.1. The standard InChI is InChI=1S/C19H16N2OS/c22-17(12-13-6-2-1-3-7-13)20-19-21-18-15-9-5-4-8-14(15)10-11-16(18)23-19/h1-9H,10-12H2,(H,20,21,22). The van der Waals surface area contributed by atoms with Gasteiger partial charge in [-0.15, -0.1) is 11.3 Å². The molecule has 4 rings (SSSR count). The molecule has 1 aromatic heterocycles. The highest BCUT2D eigenvalue weighted by Crippen LogP contribution is 2.37. The van der Waals surface area contributed by atoms with Crippen molar-refractivity contribution in [1.82, 2.24) is 4.98 Å². The average molecular weight is 320 g/mol. The maximum atomic E-state index is 12.2. The number of amides is 1. The lowest BCUT2D eigenvalue weighted by Crippen LogP contribution is -2.14. The number of hydrogen-bond acceptors (Lipinski definition) is 3. The fourth-order valence-electron chi connectivity index (χ4n) is 2.95. The summed E-state index contributed by atoms with van der Waals surface area (Å²) >= 11 is 1.59. The minimum Gasteiger partial charge on any atom is -0.302 e. The van der Waals surface area contributed by atoms with E-state index in [0.717, 1.165) is 24.1 Å². The van der Waals surface area contributed by atoms with E-state index in [1.54, 1.807) is 11.3 Å². The van der Waals surface area contributed by atoms with Crippen LogP contribution in [0.3, 0.4) is 0 Å². The molecular formula is C19H16N2OS. The first-order chi connectivity index (χ1) is 11.3. The van der Waals surface area contributed by atoms with E-state index in [0.29, 0.717) is 11.6 Å². The highest BCUT2D eigenvalue weighted by Gasteiger charge is 2.21. The quantitative estimate of drug-likeness (QED) is 0.790. The molecule has 1 heterocycles. The number of carbonyl (C=O) groups is 1. The van der Waals surface area contributed by atoms with Crippen molar-refractivity contribution in [1.29, 1.82) is 0 Å². The number of nitrogens with one attached hydrogen (secondary N) is 1. The van der Waals surface area contributed by atoms with E-state index in [9.17, 15) is 4.79 Å². The van der Waals surface area contributed by atoms with Crippen LogP contribution in [0.2, 0.25) is 0 Å². The lowest BCUT2D eigenvalue weighted by atomic mass is 9.94. The number of carbonyl (C=O) groups excluding carboxylic acids is 1. The first-order valence-electron chi connectivity index (χ1n) is 7.71. The van der Waals surface area contributed by atoms with Crippen LogP contribution in [0.25, 0.3) is 11.3 Å². The highest BCUT2D eigenvalue weighted by atomic mass is 32.1. The van der Waals surface area contributed by atoms with Crippen molar-refractivity contribution in [3.8, 4) is 11.3 Å². The predicted molar refractivity (Wildman–Crippen MR) is 93.7 cm³/mol. The number of aryl methyl sites for hydroxylation is 2. The number of rotatable bonds is 3. The third kappa shape index (κ3) is 2.90. The summed E-state index contributed by atoms with van der Waals surface area (Å²) in [5.74, 6) is -0.0180. The molecule has 0 fully saturated rings. The SMILES string of the molecule is O=C(Cc1ccccc1)Nc1nc2c(s1)CCc1ccccc1-2. The summed E-state index contributed by atoms with van der Waals surface area (Å²) in [6.07, 6.45) is 2.42. The molecule has 0 saturated heterocycles. The van der Waals surface area contributed by atoms with Crippen molar-refractivity contribution in [3.05, 3.63) is 70.6 Å².